The third-order valence-corrected chi connectivity index (χ3v) is 8.97. The predicted molar refractivity (Wildman–Crippen MR) is 134 cm³/mol. The molecular weight excluding hydrogens is 484 g/mol. The van der Waals surface area contributed by atoms with Crippen LogP contribution in [0.25, 0.3) is 0 Å². The SMILES string of the molecule is O=C(c1ccc2c(c1)OCO2)[C@H]1[C@H](c2cccc(Cl)c2)[C@H]2CSCN2[C@@]12C(=O)Nc1ccccc12. The average Bonchev–Trinajstić information content (AvgIpc) is 3.62. The van der Waals surface area contributed by atoms with Crippen molar-refractivity contribution in [1.82, 2.24) is 4.90 Å². The number of anilines is 1. The van der Waals surface area contributed by atoms with Crippen molar-refractivity contribution in [1.29, 1.82) is 0 Å². The maximum Gasteiger partial charge on any atom is 0.250 e. The predicted octanol–water partition coefficient (Wildman–Crippen LogP) is 4.89. The van der Waals surface area contributed by atoms with Gasteiger partial charge >= 0.3 is 0 Å². The maximum absolute atomic E-state index is 14.5. The maximum atomic E-state index is 14.5. The van der Waals surface area contributed by atoms with Crippen molar-refractivity contribution >= 4 is 40.7 Å². The summed E-state index contributed by atoms with van der Waals surface area (Å²) in [5.74, 6) is 1.60. The summed E-state index contributed by atoms with van der Waals surface area (Å²) in [6, 6.07) is 20.7. The number of ether oxygens (including phenoxy) is 2. The van der Waals surface area contributed by atoms with Gasteiger partial charge in [-0.2, -0.15) is 0 Å². The zero-order chi connectivity index (χ0) is 23.7. The molecule has 1 spiro atoms. The summed E-state index contributed by atoms with van der Waals surface area (Å²) < 4.78 is 11.0. The second-order valence-corrected chi connectivity index (χ2v) is 10.7. The van der Waals surface area contributed by atoms with Crippen molar-refractivity contribution in [2.75, 3.05) is 23.7 Å². The number of halogens is 1. The van der Waals surface area contributed by atoms with E-state index in [1.54, 1.807) is 30.0 Å². The zero-order valence-corrected chi connectivity index (χ0v) is 20.1. The highest BCUT2D eigenvalue weighted by Gasteiger charge is 2.69. The fraction of sp³-hybridized carbons (Fsp3) is 0.259. The van der Waals surface area contributed by atoms with E-state index in [4.69, 9.17) is 21.1 Å². The van der Waals surface area contributed by atoms with E-state index < -0.39 is 11.5 Å². The largest absolute Gasteiger partial charge is 0.454 e. The lowest BCUT2D eigenvalue weighted by atomic mass is 9.69. The van der Waals surface area contributed by atoms with Gasteiger partial charge in [-0.3, -0.25) is 14.5 Å². The molecule has 4 aliphatic heterocycles. The fourth-order valence-corrected chi connectivity index (χ4v) is 7.87. The van der Waals surface area contributed by atoms with Gasteiger partial charge in [0.15, 0.2) is 17.3 Å². The van der Waals surface area contributed by atoms with E-state index in [2.05, 4.69) is 10.2 Å². The molecular formula is C27H21ClN2O4S. The Bertz CT molecular complexity index is 1400. The van der Waals surface area contributed by atoms with Gasteiger partial charge in [-0.25, -0.2) is 0 Å². The number of fused-ring (bicyclic) bond motifs is 5. The first-order valence-electron chi connectivity index (χ1n) is 11.5. The number of hydrogen-bond acceptors (Lipinski definition) is 6. The molecule has 0 saturated carbocycles. The summed E-state index contributed by atoms with van der Waals surface area (Å²) in [6.45, 7) is 0.133. The number of nitrogens with zero attached hydrogens (tertiary/aromatic N) is 1. The third-order valence-electron chi connectivity index (χ3n) is 7.70. The van der Waals surface area contributed by atoms with E-state index >= 15 is 0 Å². The summed E-state index contributed by atoms with van der Waals surface area (Å²) in [5, 5.41) is 3.71. The first-order valence-corrected chi connectivity index (χ1v) is 13.1. The molecule has 0 bridgehead atoms. The minimum Gasteiger partial charge on any atom is -0.454 e. The Morgan fingerprint density at radius 3 is 2.80 bits per heavy atom. The van der Waals surface area contributed by atoms with Crippen LogP contribution in [0, 0.1) is 5.92 Å². The van der Waals surface area contributed by atoms with Crippen molar-refractivity contribution in [2.45, 2.75) is 17.5 Å². The number of carbonyl (C=O) groups is 2. The molecule has 0 radical (unpaired) electrons. The van der Waals surface area contributed by atoms with Gasteiger partial charge in [0.05, 0.1) is 5.92 Å². The number of thioether (sulfide) groups is 1. The number of benzene rings is 3. The fourth-order valence-electron chi connectivity index (χ4n) is 6.35. The van der Waals surface area contributed by atoms with E-state index in [0.29, 0.717) is 28.0 Å². The van der Waals surface area contributed by atoms with Crippen LogP contribution in [-0.2, 0) is 10.3 Å². The number of rotatable bonds is 3. The van der Waals surface area contributed by atoms with Gasteiger partial charge in [0.1, 0.15) is 5.54 Å². The van der Waals surface area contributed by atoms with Crippen molar-refractivity contribution in [3.63, 3.8) is 0 Å². The van der Waals surface area contributed by atoms with Crippen LogP contribution in [0.4, 0.5) is 5.69 Å². The van der Waals surface area contributed by atoms with Gasteiger partial charge in [-0.05, 0) is 42.0 Å². The number of hydrogen-bond donors (Lipinski definition) is 1. The Kier molecular flexibility index (Phi) is 4.72. The quantitative estimate of drug-likeness (QED) is 0.512. The van der Waals surface area contributed by atoms with Crippen LogP contribution in [0.2, 0.25) is 5.02 Å². The van der Waals surface area contributed by atoms with E-state index in [0.717, 1.165) is 22.6 Å². The van der Waals surface area contributed by atoms with E-state index in [1.165, 1.54) is 0 Å². The molecule has 8 heteroatoms. The Morgan fingerprint density at radius 1 is 1.06 bits per heavy atom. The summed E-state index contributed by atoms with van der Waals surface area (Å²) >= 11 is 8.22. The highest BCUT2D eigenvalue weighted by molar-refractivity contribution is 7.99. The first-order chi connectivity index (χ1) is 17.1. The first kappa shape index (κ1) is 21.3. The molecule has 4 heterocycles. The summed E-state index contributed by atoms with van der Waals surface area (Å²) in [7, 11) is 0. The van der Waals surface area contributed by atoms with Crippen LogP contribution in [0.1, 0.15) is 27.4 Å². The molecule has 1 amide bonds. The van der Waals surface area contributed by atoms with Crippen LogP contribution < -0.4 is 14.8 Å². The minimum absolute atomic E-state index is 0.0123. The van der Waals surface area contributed by atoms with Gasteiger partial charge < -0.3 is 14.8 Å². The standard InChI is InChI=1S/C27H21ClN2O4S/c28-17-5-3-4-15(10-17)23-20-12-35-13-30(20)27(18-6-1-2-7-19(18)29-26(27)32)24(23)25(31)16-8-9-21-22(11-16)34-14-33-21/h1-11,20,23-24H,12-14H2,(H,29,32)/t20-,23-,24-,27-/m1/s1. The summed E-state index contributed by atoms with van der Waals surface area (Å²) in [4.78, 5) is 30.8. The Morgan fingerprint density at radius 2 is 1.91 bits per heavy atom. The highest BCUT2D eigenvalue weighted by atomic mass is 35.5. The number of para-hydroxylation sites is 1. The smallest absolute Gasteiger partial charge is 0.250 e. The van der Waals surface area contributed by atoms with Crippen molar-refractivity contribution in [2.24, 2.45) is 5.92 Å². The van der Waals surface area contributed by atoms with Gasteiger partial charge in [0.25, 0.3) is 0 Å². The highest BCUT2D eigenvalue weighted by Crippen LogP contribution is 2.61. The third kappa shape index (κ3) is 2.89. The van der Waals surface area contributed by atoms with Crippen LogP contribution in [0.15, 0.2) is 66.7 Å². The van der Waals surface area contributed by atoms with Crippen LogP contribution in [0.3, 0.4) is 0 Å². The van der Waals surface area contributed by atoms with Gasteiger partial charge in [0, 0.05) is 45.4 Å². The molecule has 2 saturated heterocycles. The Balaban J connectivity index is 1.47. The monoisotopic (exact) mass is 504 g/mol. The number of amides is 1. The number of ketones is 1. The van der Waals surface area contributed by atoms with Gasteiger partial charge in [-0.15, -0.1) is 11.8 Å². The van der Waals surface area contributed by atoms with E-state index in [-0.39, 0.29) is 30.4 Å². The molecule has 7 rings (SSSR count). The molecule has 3 aromatic rings. The zero-order valence-electron chi connectivity index (χ0n) is 18.6. The van der Waals surface area contributed by atoms with Gasteiger partial charge in [-0.1, -0.05) is 41.9 Å². The van der Waals surface area contributed by atoms with Crippen molar-refractivity contribution in [3.8, 4) is 11.5 Å². The number of nitrogens with one attached hydrogen (secondary N) is 1. The lowest BCUT2D eigenvalue weighted by molar-refractivity contribution is -0.127. The molecule has 1 N–H and O–H groups in total. The lowest BCUT2D eigenvalue weighted by Gasteiger charge is -2.36. The number of Topliss-reactive ketones (excluding diaryl/α,β-unsaturated/α-hetero) is 1. The second-order valence-electron chi connectivity index (χ2n) is 9.29. The van der Waals surface area contributed by atoms with E-state index in [1.807, 2.05) is 48.5 Å². The lowest BCUT2D eigenvalue weighted by Crippen LogP contribution is -2.52. The van der Waals surface area contributed by atoms with Crippen LogP contribution in [0.5, 0.6) is 11.5 Å². The molecule has 176 valence electrons. The Labute approximate surface area is 211 Å². The number of carbonyl (C=O) groups excluding carboxylic acids is 2. The van der Waals surface area contributed by atoms with Gasteiger partial charge in [0.2, 0.25) is 12.7 Å². The topological polar surface area (TPSA) is 67.9 Å². The van der Waals surface area contributed by atoms with Crippen molar-refractivity contribution in [3.05, 3.63) is 88.4 Å². The average molecular weight is 505 g/mol. The molecule has 0 unspecified atom stereocenters. The second kappa shape index (κ2) is 7.75. The molecule has 4 atom stereocenters. The van der Waals surface area contributed by atoms with E-state index in [9.17, 15) is 9.59 Å². The van der Waals surface area contributed by atoms with Crippen molar-refractivity contribution < 1.29 is 19.1 Å². The molecule has 4 aliphatic rings. The molecule has 2 fully saturated rings. The molecule has 6 nitrogen and oxygen atoms in total. The van der Waals surface area contributed by atoms with Crippen LogP contribution in [-0.4, -0.2) is 41.1 Å². The Hall–Kier alpha value is -3.00. The molecule has 0 aliphatic carbocycles. The normalized spacial score (nSPS) is 28.3. The molecule has 0 aromatic heterocycles. The van der Waals surface area contributed by atoms with Crippen LogP contribution >= 0.6 is 23.4 Å². The summed E-state index contributed by atoms with van der Waals surface area (Å²) in [6.07, 6.45) is 0. The summed E-state index contributed by atoms with van der Waals surface area (Å²) in [5.41, 5.74) is 2.01. The minimum atomic E-state index is -1.11. The molecule has 35 heavy (non-hydrogen) atoms. The molecule has 3 aromatic carbocycles.